The van der Waals surface area contributed by atoms with Crippen molar-refractivity contribution >= 4 is 46.4 Å². The fraction of sp³-hybridized carbons (Fsp3) is 0.200. The molecule has 3 rings (SSSR count). The second-order valence-corrected chi connectivity index (χ2v) is 8.00. The molecule has 3 aromatic rings. The van der Waals surface area contributed by atoms with Gasteiger partial charge in [-0.3, -0.25) is 9.59 Å². The SMILES string of the molecule is CCCCc1ccc(NC(=O)c2ccc(OCC(=O)Nc3cccc(Cl)c3Cl)cc2)cc1. The van der Waals surface area contributed by atoms with Crippen LogP contribution < -0.4 is 15.4 Å². The first kappa shape index (κ1) is 23.6. The molecule has 0 aromatic heterocycles. The number of benzene rings is 3. The van der Waals surface area contributed by atoms with Gasteiger partial charge in [0, 0.05) is 11.3 Å². The van der Waals surface area contributed by atoms with E-state index in [-0.39, 0.29) is 23.4 Å². The van der Waals surface area contributed by atoms with Crippen LogP contribution in [0.5, 0.6) is 5.75 Å². The molecule has 0 saturated carbocycles. The van der Waals surface area contributed by atoms with Crippen LogP contribution in [0.1, 0.15) is 35.7 Å². The Labute approximate surface area is 197 Å². The van der Waals surface area contributed by atoms with Crippen LogP contribution in [0.3, 0.4) is 0 Å². The van der Waals surface area contributed by atoms with Gasteiger partial charge in [-0.15, -0.1) is 0 Å². The van der Waals surface area contributed by atoms with E-state index in [2.05, 4.69) is 17.6 Å². The minimum absolute atomic E-state index is 0.210. The molecule has 5 nitrogen and oxygen atoms in total. The average molecular weight is 471 g/mol. The predicted molar refractivity (Wildman–Crippen MR) is 130 cm³/mol. The number of unbranched alkanes of at least 4 members (excludes halogenated alkanes) is 1. The van der Waals surface area contributed by atoms with Crippen molar-refractivity contribution in [2.75, 3.05) is 17.2 Å². The van der Waals surface area contributed by atoms with Gasteiger partial charge in [0.25, 0.3) is 11.8 Å². The van der Waals surface area contributed by atoms with Gasteiger partial charge >= 0.3 is 0 Å². The Hall–Kier alpha value is -3.02. The van der Waals surface area contributed by atoms with Crippen LogP contribution in [0.15, 0.2) is 66.7 Å². The Morgan fingerprint density at radius 3 is 2.31 bits per heavy atom. The standard InChI is InChI=1S/C25H24Cl2N2O3/c1-2-3-5-17-8-12-19(13-9-17)28-25(31)18-10-14-20(15-11-18)32-16-23(30)29-22-7-4-6-21(26)24(22)27/h4,6-15H,2-3,5,16H2,1H3,(H,28,31)(H,29,30). The molecule has 3 aromatic carbocycles. The number of nitrogens with one attached hydrogen (secondary N) is 2. The summed E-state index contributed by atoms with van der Waals surface area (Å²) in [5, 5.41) is 6.16. The summed E-state index contributed by atoms with van der Waals surface area (Å²) in [6.07, 6.45) is 3.34. The summed E-state index contributed by atoms with van der Waals surface area (Å²) < 4.78 is 5.49. The lowest BCUT2D eigenvalue weighted by Crippen LogP contribution is -2.20. The van der Waals surface area contributed by atoms with Crippen LogP contribution in [0.4, 0.5) is 11.4 Å². The van der Waals surface area contributed by atoms with Crippen molar-refractivity contribution in [2.24, 2.45) is 0 Å². The Morgan fingerprint density at radius 1 is 0.906 bits per heavy atom. The van der Waals surface area contributed by atoms with Crippen LogP contribution >= 0.6 is 23.2 Å². The molecule has 0 bridgehead atoms. The van der Waals surface area contributed by atoms with Gasteiger partial charge in [-0.25, -0.2) is 0 Å². The zero-order chi connectivity index (χ0) is 22.9. The zero-order valence-electron chi connectivity index (χ0n) is 17.7. The highest BCUT2D eigenvalue weighted by Crippen LogP contribution is 2.29. The maximum absolute atomic E-state index is 12.5. The Morgan fingerprint density at radius 2 is 1.62 bits per heavy atom. The Balaban J connectivity index is 1.50. The third-order valence-electron chi connectivity index (χ3n) is 4.74. The monoisotopic (exact) mass is 470 g/mol. The van der Waals surface area contributed by atoms with E-state index >= 15 is 0 Å². The molecule has 0 radical (unpaired) electrons. The second-order valence-electron chi connectivity index (χ2n) is 7.22. The summed E-state index contributed by atoms with van der Waals surface area (Å²) in [4.78, 5) is 24.6. The molecule has 0 heterocycles. The fourth-order valence-corrected chi connectivity index (χ4v) is 3.32. The molecule has 0 aliphatic heterocycles. The maximum Gasteiger partial charge on any atom is 0.262 e. The first-order chi connectivity index (χ1) is 15.5. The second kappa shape index (κ2) is 11.6. The van der Waals surface area contributed by atoms with Crippen molar-refractivity contribution in [3.05, 3.63) is 87.9 Å². The summed E-state index contributed by atoms with van der Waals surface area (Å²) in [5.41, 5.74) is 2.90. The van der Waals surface area contributed by atoms with Crippen LogP contribution in [0, 0.1) is 0 Å². The zero-order valence-corrected chi connectivity index (χ0v) is 19.2. The van der Waals surface area contributed by atoms with E-state index in [9.17, 15) is 9.59 Å². The van der Waals surface area contributed by atoms with Crippen molar-refractivity contribution in [1.29, 1.82) is 0 Å². The van der Waals surface area contributed by atoms with Crippen molar-refractivity contribution < 1.29 is 14.3 Å². The minimum atomic E-state index is -0.377. The summed E-state index contributed by atoms with van der Waals surface area (Å²) in [5.74, 6) is -0.126. The van der Waals surface area contributed by atoms with E-state index in [0.29, 0.717) is 22.0 Å². The molecule has 0 aliphatic carbocycles. The third-order valence-corrected chi connectivity index (χ3v) is 5.56. The number of hydrogen-bond donors (Lipinski definition) is 2. The highest BCUT2D eigenvalue weighted by atomic mass is 35.5. The highest BCUT2D eigenvalue weighted by Gasteiger charge is 2.10. The van der Waals surface area contributed by atoms with Crippen molar-refractivity contribution in [1.82, 2.24) is 0 Å². The molecule has 166 valence electrons. The first-order valence-electron chi connectivity index (χ1n) is 10.3. The summed E-state index contributed by atoms with van der Waals surface area (Å²) in [6, 6.07) is 19.4. The molecule has 32 heavy (non-hydrogen) atoms. The quantitative estimate of drug-likeness (QED) is 0.369. The summed E-state index contributed by atoms with van der Waals surface area (Å²) >= 11 is 12.0. The van der Waals surface area contributed by atoms with Gasteiger partial charge in [-0.1, -0.05) is 54.7 Å². The van der Waals surface area contributed by atoms with Gasteiger partial charge in [0.2, 0.25) is 0 Å². The lowest BCUT2D eigenvalue weighted by atomic mass is 10.1. The maximum atomic E-state index is 12.5. The number of carbonyl (C=O) groups is 2. The minimum Gasteiger partial charge on any atom is -0.484 e. The van der Waals surface area contributed by atoms with Gasteiger partial charge < -0.3 is 15.4 Å². The largest absolute Gasteiger partial charge is 0.484 e. The molecule has 0 spiro atoms. The summed E-state index contributed by atoms with van der Waals surface area (Å²) in [6.45, 7) is 1.95. The van der Waals surface area contributed by atoms with E-state index in [1.54, 1.807) is 42.5 Å². The smallest absolute Gasteiger partial charge is 0.262 e. The average Bonchev–Trinajstić information content (AvgIpc) is 2.80. The number of rotatable bonds is 9. The number of halogens is 2. The molecular weight excluding hydrogens is 447 g/mol. The Bertz CT molecular complexity index is 1070. The van der Waals surface area contributed by atoms with Crippen molar-refractivity contribution in [3.63, 3.8) is 0 Å². The topological polar surface area (TPSA) is 67.4 Å². The predicted octanol–water partition coefficient (Wildman–Crippen LogP) is 6.61. The molecule has 0 unspecified atom stereocenters. The number of anilines is 2. The number of carbonyl (C=O) groups excluding carboxylic acids is 2. The van der Waals surface area contributed by atoms with Gasteiger partial charge in [-0.05, 0) is 66.9 Å². The summed E-state index contributed by atoms with van der Waals surface area (Å²) in [7, 11) is 0. The van der Waals surface area contributed by atoms with Crippen LogP contribution in [-0.2, 0) is 11.2 Å². The number of aryl methyl sites for hydroxylation is 1. The third kappa shape index (κ3) is 6.74. The molecule has 0 atom stereocenters. The van der Waals surface area contributed by atoms with Crippen LogP contribution in [-0.4, -0.2) is 18.4 Å². The van der Waals surface area contributed by atoms with E-state index in [1.165, 1.54) is 5.56 Å². The van der Waals surface area contributed by atoms with Crippen LogP contribution in [0.25, 0.3) is 0 Å². The number of amides is 2. The number of ether oxygens (including phenoxy) is 1. The van der Waals surface area contributed by atoms with Crippen molar-refractivity contribution in [3.8, 4) is 5.75 Å². The van der Waals surface area contributed by atoms with Crippen LogP contribution in [0.2, 0.25) is 10.0 Å². The first-order valence-corrected chi connectivity index (χ1v) is 11.1. The lowest BCUT2D eigenvalue weighted by molar-refractivity contribution is -0.118. The van der Waals surface area contributed by atoms with Gasteiger partial charge in [-0.2, -0.15) is 0 Å². The number of hydrogen-bond acceptors (Lipinski definition) is 3. The Kier molecular flexibility index (Phi) is 8.54. The van der Waals surface area contributed by atoms with Gasteiger partial charge in [0.1, 0.15) is 5.75 Å². The fourth-order valence-electron chi connectivity index (χ4n) is 2.98. The molecule has 0 aliphatic rings. The molecule has 0 saturated heterocycles. The molecule has 2 N–H and O–H groups in total. The van der Waals surface area contributed by atoms with E-state index in [0.717, 1.165) is 24.9 Å². The van der Waals surface area contributed by atoms with Gasteiger partial charge in [0.15, 0.2) is 6.61 Å². The molecular formula is C25H24Cl2N2O3. The molecule has 7 heteroatoms. The molecule has 0 fully saturated rings. The highest BCUT2D eigenvalue weighted by molar-refractivity contribution is 6.44. The normalized spacial score (nSPS) is 10.5. The van der Waals surface area contributed by atoms with Crippen molar-refractivity contribution in [2.45, 2.75) is 26.2 Å². The molecule has 2 amide bonds. The lowest BCUT2D eigenvalue weighted by Gasteiger charge is -2.10. The van der Waals surface area contributed by atoms with Gasteiger partial charge in [0.05, 0.1) is 15.7 Å². The van der Waals surface area contributed by atoms with E-state index in [1.807, 2.05) is 24.3 Å². The van der Waals surface area contributed by atoms with E-state index in [4.69, 9.17) is 27.9 Å². The van der Waals surface area contributed by atoms with E-state index < -0.39 is 0 Å².